The standard InChI is InChI=1S/C11H9Cl3O.CH4/c12-5-11(15)10-4-9(10)6-1-7(13)3-8(14)2-6;/h1-3,9-10H,4-5H2;1H4/t9-,10+;/m1./s1. The highest BCUT2D eigenvalue weighted by Crippen LogP contribution is 2.49. The number of benzene rings is 1. The molecule has 0 amide bonds. The van der Waals surface area contributed by atoms with Gasteiger partial charge in [0.05, 0.1) is 5.88 Å². The van der Waals surface area contributed by atoms with Crippen LogP contribution in [0.25, 0.3) is 0 Å². The average molecular weight is 280 g/mol. The molecule has 0 aromatic heterocycles. The average Bonchev–Trinajstić information content (AvgIpc) is 2.94. The summed E-state index contributed by atoms with van der Waals surface area (Å²) < 4.78 is 0. The maximum atomic E-state index is 11.3. The van der Waals surface area contributed by atoms with Gasteiger partial charge in [-0.1, -0.05) is 30.6 Å². The molecule has 88 valence electrons. The Morgan fingerprint density at radius 2 is 1.81 bits per heavy atom. The second kappa shape index (κ2) is 5.39. The lowest BCUT2D eigenvalue weighted by atomic mass is 10.1. The van der Waals surface area contributed by atoms with E-state index in [0.29, 0.717) is 10.0 Å². The lowest BCUT2D eigenvalue weighted by Gasteiger charge is -2.01. The van der Waals surface area contributed by atoms with Gasteiger partial charge in [0.15, 0.2) is 5.78 Å². The van der Waals surface area contributed by atoms with Crippen molar-refractivity contribution >= 4 is 40.6 Å². The van der Waals surface area contributed by atoms with Crippen molar-refractivity contribution < 1.29 is 4.79 Å². The van der Waals surface area contributed by atoms with Gasteiger partial charge in [0.2, 0.25) is 0 Å². The minimum atomic E-state index is 0. The maximum Gasteiger partial charge on any atom is 0.151 e. The molecule has 1 aliphatic rings. The fourth-order valence-electron chi connectivity index (χ4n) is 1.81. The van der Waals surface area contributed by atoms with Gasteiger partial charge >= 0.3 is 0 Å². The van der Waals surface area contributed by atoms with Gasteiger partial charge in [-0.3, -0.25) is 4.79 Å². The first-order valence-electron chi connectivity index (χ1n) is 4.66. The minimum Gasteiger partial charge on any atom is -0.298 e. The van der Waals surface area contributed by atoms with Crippen molar-refractivity contribution in [3.63, 3.8) is 0 Å². The largest absolute Gasteiger partial charge is 0.298 e. The number of hydrogen-bond donors (Lipinski definition) is 0. The molecule has 1 aromatic carbocycles. The Bertz CT molecular complexity index is 383. The predicted molar refractivity (Wildman–Crippen MR) is 69.8 cm³/mol. The third-order valence-electron chi connectivity index (χ3n) is 2.65. The molecule has 0 N–H and O–H groups in total. The number of rotatable bonds is 3. The van der Waals surface area contributed by atoms with E-state index in [-0.39, 0.29) is 30.9 Å². The van der Waals surface area contributed by atoms with Crippen molar-refractivity contribution in [3.05, 3.63) is 33.8 Å². The Morgan fingerprint density at radius 3 is 2.31 bits per heavy atom. The number of Topliss-reactive ketones (excluding diaryl/α,β-unsaturated/α-hetero) is 1. The highest BCUT2D eigenvalue weighted by Gasteiger charge is 2.43. The molecule has 0 radical (unpaired) electrons. The molecular weight excluding hydrogens is 266 g/mol. The van der Waals surface area contributed by atoms with Crippen LogP contribution >= 0.6 is 34.8 Å². The maximum absolute atomic E-state index is 11.3. The number of carbonyl (C=O) groups is 1. The summed E-state index contributed by atoms with van der Waals surface area (Å²) in [6.07, 6.45) is 0.863. The zero-order valence-corrected chi connectivity index (χ0v) is 10.1. The monoisotopic (exact) mass is 278 g/mol. The lowest BCUT2D eigenvalue weighted by Crippen LogP contribution is -2.03. The number of halogens is 3. The number of hydrogen-bond acceptors (Lipinski definition) is 1. The number of carbonyl (C=O) groups excluding carboxylic acids is 1. The van der Waals surface area contributed by atoms with Crippen LogP contribution in [-0.4, -0.2) is 11.7 Å². The zero-order chi connectivity index (χ0) is 11.0. The van der Waals surface area contributed by atoms with Crippen molar-refractivity contribution in [2.45, 2.75) is 19.8 Å². The van der Waals surface area contributed by atoms with Crippen molar-refractivity contribution in [2.75, 3.05) is 5.88 Å². The van der Waals surface area contributed by atoms with E-state index in [1.54, 1.807) is 6.07 Å². The van der Waals surface area contributed by atoms with E-state index >= 15 is 0 Å². The van der Waals surface area contributed by atoms with E-state index in [4.69, 9.17) is 34.8 Å². The first-order chi connectivity index (χ1) is 7.11. The summed E-state index contributed by atoms with van der Waals surface area (Å²) in [6, 6.07) is 5.41. The van der Waals surface area contributed by atoms with Crippen molar-refractivity contribution in [2.24, 2.45) is 5.92 Å². The van der Waals surface area contributed by atoms with Gasteiger partial charge in [0.1, 0.15) is 0 Å². The predicted octanol–water partition coefficient (Wildman–Crippen LogP) is 4.54. The van der Waals surface area contributed by atoms with Crippen LogP contribution in [0.5, 0.6) is 0 Å². The van der Waals surface area contributed by atoms with Crippen LogP contribution in [0.2, 0.25) is 10.0 Å². The summed E-state index contributed by atoms with van der Waals surface area (Å²) in [5.74, 6) is 0.525. The van der Waals surface area contributed by atoms with Gasteiger partial charge in [-0.05, 0) is 36.1 Å². The Balaban J connectivity index is 0.00000128. The molecule has 4 heteroatoms. The second-order valence-electron chi connectivity index (χ2n) is 3.75. The van der Waals surface area contributed by atoms with Gasteiger partial charge < -0.3 is 0 Å². The van der Waals surface area contributed by atoms with Crippen LogP contribution in [0.15, 0.2) is 18.2 Å². The van der Waals surface area contributed by atoms with E-state index in [1.807, 2.05) is 12.1 Å². The summed E-state index contributed by atoms with van der Waals surface area (Å²) in [7, 11) is 0. The van der Waals surface area contributed by atoms with E-state index in [9.17, 15) is 4.79 Å². The molecule has 1 aliphatic carbocycles. The van der Waals surface area contributed by atoms with Gasteiger partial charge in [0.25, 0.3) is 0 Å². The van der Waals surface area contributed by atoms with Gasteiger partial charge in [-0.25, -0.2) is 0 Å². The van der Waals surface area contributed by atoms with Crippen LogP contribution < -0.4 is 0 Å². The molecule has 0 heterocycles. The Kier molecular flexibility index (Phi) is 4.66. The number of ketones is 1. The van der Waals surface area contributed by atoms with Crippen LogP contribution in [0.4, 0.5) is 0 Å². The Morgan fingerprint density at radius 1 is 1.25 bits per heavy atom. The summed E-state index contributed by atoms with van der Waals surface area (Å²) in [5, 5.41) is 1.22. The molecule has 2 atom stereocenters. The molecule has 0 unspecified atom stereocenters. The van der Waals surface area contributed by atoms with Gasteiger partial charge in [-0.2, -0.15) is 0 Å². The van der Waals surface area contributed by atoms with Crippen molar-refractivity contribution in [3.8, 4) is 0 Å². The highest BCUT2D eigenvalue weighted by atomic mass is 35.5. The van der Waals surface area contributed by atoms with E-state index in [1.165, 1.54) is 0 Å². The fraction of sp³-hybridized carbons (Fsp3) is 0.417. The molecule has 16 heavy (non-hydrogen) atoms. The topological polar surface area (TPSA) is 17.1 Å². The van der Waals surface area contributed by atoms with Crippen molar-refractivity contribution in [1.29, 1.82) is 0 Å². The van der Waals surface area contributed by atoms with E-state index in [2.05, 4.69) is 0 Å². The minimum absolute atomic E-state index is 0. The first-order valence-corrected chi connectivity index (χ1v) is 5.95. The summed E-state index contributed by atoms with van der Waals surface area (Å²) >= 11 is 17.3. The lowest BCUT2D eigenvalue weighted by molar-refractivity contribution is -0.117. The van der Waals surface area contributed by atoms with E-state index in [0.717, 1.165) is 12.0 Å². The summed E-state index contributed by atoms with van der Waals surface area (Å²) in [4.78, 5) is 11.3. The first kappa shape index (κ1) is 13.8. The molecule has 1 saturated carbocycles. The summed E-state index contributed by atoms with van der Waals surface area (Å²) in [6.45, 7) is 0. The molecule has 1 aromatic rings. The molecule has 2 rings (SSSR count). The molecule has 0 spiro atoms. The third kappa shape index (κ3) is 2.91. The fourth-order valence-corrected chi connectivity index (χ4v) is 2.55. The third-order valence-corrected chi connectivity index (χ3v) is 3.35. The second-order valence-corrected chi connectivity index (χ2v) is 4.89. The SMILES string of the molecule is C.O=C(CCl)[C@H]1C[C@@H]1c1cc(Cl)cc(Cl)c1. The molecule has 0 aliphatic heterocycles. The van der Waals surface area contributed by atoms with Crippen LogP contribution in [0, 0.1) is 5.92 Å². The van der Waals surface area contributed by atoms with E-state index < -0.39 is 0 Å². The Hall–Kier alpha value is -0.240. The molecule has 1 nitrogen and oxygen atoms in total. The molecule has 0 saturated heterocycles. The molecule has 1 fully saturated rings. The van der Waals surface area contributed by atoms with Crippen LogP contribution in [0.1, 0.15) is 25.3 Å². The van der Waals surface area contributed by atoms with Crippen LogP contribution in [-0.2, 0) is 4.79 Å². The molecular formula is C12H13Cl3O. The van der Waals surface area contributed by atoms with Gasteiger partial charge in [-0.15, -0.1) is 11.6 Å². The smallest absolute Gasteiger partial charge is 0.151 e. The Labute approximate surface area is 111 Å². The normalized spacial score (nSPS) is 22.4. The van der Waals surface area contributed by atoms with Gasteiger partial charge in [0, 0.05) is 16.0 Å². The van der Waals surface area contributed by atoms with Crippen molar-refractivity contribution in [1.82, 2.24) is 0 Å². The van der Waals surface area contributed by atoms with Crippen LogP contribution in [0.3, 0.4) is 0 Å². The zero-order valence-electron chi connectivity index (χ0n) is 7.84. The molecule has 0 bridgehead atoms. The summed E-state index contributed by atoms with van der Waals surface area (Å²) in [5.41, 5.74) is 1.04. The highest BCUT2D eigenvalue weighted by molar-refractivity contribution is 6.34. The quantitative estimate of drug-likeness (QED) is 0.742. The number of alkyl halides is 1.